The maximum absolute atomic E-state index is 10.9. The molecule has 0 heterocycles. The quantitative estimate of drug-likeness (QED) is 0.342. The van der Waals surface area contributed by atoms with Crippen LogP contribution >= 0.6 is 15.6 Å². The zero-order valence-electron chi connectivity index (χ0n) is 8.05. The number of phosphoric ester groups is 2. The molecule has 0 radical (unpaired) electrons. The van der Waals surface area contributed by atoms with Gasteiger partial charge in [0.05, 0.1) is 6.61 Å². The van der Waals surface area contributed by atoms with Gasteiger partial charge in [0.15, 0.2) is 5.78 Å². The Bertz CT molecular complexity index is 314. The van der Waals surface area contributed by atoms with E-state index in [0.29, 0.717) is 0 Å². The maximum Gasteiger partial charge on any atom is 0.470 e. The number of carbonyl (C=O) groups is 1. The molecule has 16 heavy (non-hydrogen) atoms. The van der Waals surface area contributed by atoms with Crippen molar-refractivity contribution in [1.82, 2.24) is 0 Å². The minimum Gasteiger partial charge on any atom is -0.303 e. The second kappa shape index (κ2) is 6.58. The summed E-state index contributed by atoms with van der Waals surface area (Å²) in [6.07, 6.45) is -0.130. The van der Waals surface area contributed by atoms with E-state index in [1.165, 1.54) is 0 Å². The van der Waals surface area contributed by atoms with E-state index in [1.807, 2.05) is 0 Å². The van der Waals surface area contributed by atoms with Crippen LogP contribution in [0.2, 0.25) is 0 Å². The van der Waals surface area contributed by atoms with E-state index in [0.717, 1.165) is 0 Å². The molecule has 0 amide bonds. The van der Waals surface area contributed by atoms with Crippen LogP contribution in [0.25, 0.3) is 0 Å². The van der Waals surface area contributed by atoms with E-state index in [4.69, 9.17) is 19.6 Å². The summed E-state index contributed by atoms with van der Waals surface area (Å²) in [4.78, 5) is 43.9. The van der Waals surface area contributed by atoms with E-state index >= 15 is 0 Å². The Morgan fingerprint density at radius 1 is 1.00 bits per heavy atom. The third kappa shape index (κ3) is 12.0. The zero-order valence-corrected chi connectivity index (χ0v) is 9.84. The molecule has 4 N–H and O–H groups in total. The molecule has 0 saturated heterocycles. The molecular formula is C5H12O9P2. The summed E-state index contributed by atoms with van der Waals surface area (Å²) in [5.74, 6) is -0.599. The number of ketones is 1. The molecule has 0 saturated carbocycles. The van der Waals surface area contributed by atoms with Crippen LogP contribution in [-0.2, 0) is 23.0 Å². The molecule has 0 aliphatic rings. The molecule has 0 aliphatic carbocycles. The lowest BCUT2D eigenvalue weighted by Gasteiger charge is -2.05. The molecule has 0 aromatic carbocycles. The van der Waals surface area contributed by atoms with Gasteiger partial charge in [0.2, 0.25) is 0 Å². The molecule has 96 valence electrons. The van der Waals surface area contributed by atoms with Crippen molar-refractivity contribution in [1.29, 1.82) is 0 Å². The van der Waals surface area contributed by atoms with Crippen LogP contribution in [0.3, 0.4) is 0 Å². The highest BCUT2D eigenvalue weighted by Gasteiger charge is 2.17. The highest BCUT2D eigenvalue weighted by molar-refractivity contribution is 7.46. The summed E-state index contributed by atoms with van der Waals surface area (Å²) in [6, 6.07) is 0. The van der Waals surface area contributed by atoms with Gasteiger partial charge >= 0.3 is 15.6 Å². The number of phosphoric acid groups is 2. The van der Waals surface area contributed by atoms with E-state index in [9.17, 15) is 13.9 Å². The highest BCUT2D eigenvalue weighted by Crippen LogP contribution is 2.36. The lowest BCUT2D eigenvalue weighted by Crippen LogP contribution is -2.08. The molecule has 0 unspecified atom stereocenters. The Morgan fingerprint density at radius 2 is 1.50 bits per heavy atom. The predicted molar refractivity (Wildman–Crippen MR) is 50.2 cm³/mol. The topological polar surface area (TPSA) is 151 Å². The number of Topliss-reactive ketones (excluding diaryl/α,β-unsaturated/α-hetero) is 1. The third-order valence-electron chi connectivity index (χ3n) is 1.25. The Labute approximate surface area is 90.9 Å². The third-order valence-corrected chi connectivity index (χ3v) is 2.24. The van der Waals surface area contributed by atoms with Gasteiger partial charge in [0.25, 0.3) is 0 Å². The van der Waals surface area contributed by atoms with Gasteiger partial charge in [-0.05, 0) is 6.42 Å². The Balaban J connectivity index is 3.60. The van der Waals surface area contributed by atoms with Crippen LogP contribution in [0.1, 0.15) is 12.8 Å². The Kier molecular flexibility index (Phi) is 6.54. The number of rotatable bonds is 8. The normalized spacial score (nSPS) is 12.8. The number of hydrogen-bond donors (Lipinski definition) is 4. The van der Waals surface area contributed by atoms with Crippen LogP contribution in [0.5, 0.6) is 0 Å². The SMILES string of the molecule is O=C(CCCOP(=O)(O)O)COP(=O)(O)O. The fourth-order valence-electron chi connectivity index (χ4n) is 0.681. The molecule has 0 aromatic heterocycles. The molecule has 11 heteroatoms. The fourth-order valence-corrected chi connectivity index (χ4v) is 1.36. The molecule has 0 spiro atoms. The summed E-state index contributed by atoms with van der Waals surface area (Å²) in [6.45, 7) is -1.08. The first kappa shape index (κ1) is 15.9. The zero-order chi connectivity index (χ0) is 12.8. The molecule has 9 nitrogen and oxygen atoms in total. The minimum absolute atomic E-state index is 0.0223. The van der Waals surface area contributed by atoms with Crippen molar-refractivity contribution in [3.05, 3.63) is 0 Å². The average Bonchev–Trinajstić information content (AvgIpc) is 2.06. The maximum atomic E-state index is 10.9. The van der Waals surface area contributed by atoms with Crippen molar-refractivity contribution in [3.63, 3.8) is 0 Å². The predicted octanol–water partition coefficient (Wildman–Crippen LogP) is -0.446. The summed E-state index contributed by atoms with van der Waals surface area (Å²) in [5, 5.41) is 0. The number of carbonyl (C=O) groups excluding carboxylic acids is 1. The van der Waals surface area contributed by atoms with Crippen molar-refractivity contribution in [2.24, 2.45) is 0 Å². The lowest BCUT2D eigenvalue weighted by molar-refractivity contribution is -0.121. The summed E-state index contributed by atoms with van der Waals surface area (Å²) in [5.41, 5.74) is 0. The Morgan fingerprint density at radius 3 is 1.94 bits per heavy atom. The van der Waals surface area contributed by atoms with Crippen molar-refractivity contribution >= 4 is 21.4 Å². The van der Waals surface area contributed by atoms with E-state index < -0.39 is 28.0 Å². The average molecular weight is 278 g/mol. The molecule has 0 fully saturated rings. The summed E-state index contributed by atoms with van der Waals surface area (Å²) < 4.78 is 28.3. The molecule has 0 bridgehead atoms. The molecule has 0 atom stereocenters. The van der Waals surface area contributed by atoms with Crippen LogP contribution < -0.4 is 0 Å². The van der Waals surface area contributed by atoms with Crippen LogP contribution in [0.15, 0.2) is 0 Å². The van der Waals surface area contributed by atoms with Gasteiger partial charge in [-0.3, -0.25) is 13.8 Å². The second-order valence-electron chi connectivity index (χ2n) is 2.73. The van der Waals surface area contributed by atoms with Gasteiger partial charge < -0.3 is 19.6 Å². The van der Waals surface area contributed by atoms with Gasteiger partial charge in [-0.25, -0.2) is 9.13 Å². The van der Waals surface area contributed by atoms with Gasteiger partial charge in [-0.15, -0.1) is 0 Å². The van der Waals surface area contributed by atoms with E-state index in [1.54, 1.807) is 0 Å². The molecule has 0 aliphatic heterocycles. The van der Waals surface area contributed by atoms with Crippen molar-refractivity contribution in [2.75, 3.05) is 13.2 Å². The minimum atomic E-state index is -4.66. The molecule has 0 rings (SSSR count). The van der Waals surface area contributed by atoms with Gasteiger partial charge in [0.1, 0.15) is 6.61 Å². The van der Waals surface area contributed by atoms with E-state index in [-0.39, 0.29) is 19.4 Å². The first-order valence-electron chi connectivity index (χ1n) is 4.02. The van der Waals surface area contributed by atoms with Crippen LogP contribution in [0, 0.1) is 0 Å². The van der Waals surface area contributed by atoms with Crippen molar-refractivity contribution < 1.29 is 42.5 Å². The fraction of sp³-hybridized carbons (Fsp3) is 0.800. The Hall–Kier alpha value is -0.110. The standard InChI is InChI=1S/C5H12O9P2/c6-5(4-14-16(10,11)12)2-1-3-13-15(7,8)9/h1-4H2,(H2,7,8,9)(H2,10,11,12). The van der Waals surface area contributed by atoms with Crippen LogP contribution in [-0.4, -0.2) is 38.6 Å². The second-order valence-corrected chi connectivity index (χ2v) is 5.21. The first-order valence-corrected chi connectivity index (χ1v) is 7.08. The van der Waals surface area contributed by atoms with Gasteiger partial charge in [-0.2, -0.15) is 0 Å². The first-order chi connectivity index (χ1) is 7.10. The van der Waals surface area contributed by atoms with Gasteiger partial charge in [-0.1, -0.05) is 0 Å². The van der Waals surface area contributed by atoms with Crippen molar-refractivity contribution in [3.8, 4) is 0 Å². The monoisotopic (exact) mass is 278 g/mol. The van der Waals surface area contributed by atoms with Crippen molar-refractivity contribution in [2.45, 2.75) is 12.8 Å². The summed E-state index contributed by atoms with van der Waals surface area (Å²) in [7, 11) is -9.20. The van der Waals surface area contributed by atoms with Crippen LogP contribution in [0.4, 0.5) is 0 Å². The highest BCUT2D eigenvalue weighted by atomic mass is 31.2. The molecular weight excluding hydrogens is 266 g/mol. The molecule has 0 aromatic rings. The smallest absolute Gasteiger partial charge is 0.303 e. The lowest BCUT2D eigenvalue weighted by atomic mass is 10.2. The summed E-state index contributed by atoms with van der Waals surface area (Å²) >= 11 is 0. The van der Waals surface area contributed by atoms with E-state index in [2.05, 4.69) is 9.05 Å². The largest absolute Gasteiger partial charge is 0.470 e. The number of hydrogen-bond acceptors (Lipinski definition) is 5. The van der Waals surface area contributed by atoms with Gasteiger partial charge in [0, 0.05) is 6.42 Å².